The van der Waals surface area contributed by atoms with E-state index in [1.54, 1.807) is 16.7 Å². The average molecular weight is 345 g/mol. The molecule has 0 saturated carbocycles. The lowest BCUT2D eigenvalue weighted by molar-refractivity contribution is -0.129. The Balaban J connectivity index is 1.82. The minimum absolute atomic E-state index is 0.141. The van der Waals surface area contributed by atoms with E-state index in [4.69, 9.17) is 23.2 Å². The second-order valence-corrected chi connectivity index (χ2v) is 7.13. The quantitative estimate of drug-likeness (QED) is 0.802. The van der Waals surface area contributed by atoms with Crippen molar-refractivity contribution in [1.82, 2.24) is 19.5 Å². The van der Waals surface area contributed by atoms with Crippen LogP contribution >= 0.6 is 35.0 Å². The van der Waals surface area contributed by atoms with Gasteiger partial charge in [-0.05, 0) is 25.8 Å². The second-order valence-electron chi connectivity index (χ2n) is 4.97. The van der Waals surface area contributed by atoms with E-state index in [2.05, 4.69) is 10.2 Å². The molecule has 1 amide bonds. The average Bonchev–Trinajstić information content (AvgIpc) is 3.08. The van der Waals surface area contributed by atoms with Crippen LogP contribution in [0, 0.1) is 0 Å². The summed E-state index contributed by atoms with van der Waals surface area (Å²) in [5.41, 5.74) is 0.546. The Hall–Kier alpha value is -0.980. The van der Waals surface area contributed by atoms with E-state index >= 15 is 0 Å². The number of amides is 1. The molecule has 21 heavy (non-hydrogen) atoms. The molecule has 3 heterocycles. The summed E-state index contributed by atoms with van der Waals surface area (Å²) in [5.74, 6) is 0.141. The van der Waals surface area contributed by atoms with Crippen molar-refractivity contribution < 1.29 is 4.79 Å². The highest BCUT2D eigenvalue weighted by molar-refractivity contribution is 8.00. The van der Waals surface area contributed by atoms with E-state index in [1.165, 1.54) is 11.8 Å². The molecule has 1 atom stereocenters. The van der Waals surface area contributed by atoms with Gasteiger partial charge in [0.05, 0.1) is 15.3 Å². The van der Waals surface area contributed by atoms with Crippen LogP contribution in [-0.4, -0.2) is 43.7 Å². The van der Waals surface area contributed by atoms with Crippen molar-refractivity contribution in [3.63, 3.8) is 0 Å². The Morgan fingerprint density at radius 2 is 2.05 bits per heavy atom. The summed E-state index contributed by atoms with van der Waals surface area (Å²) in [4.78, 5) is 14.2. The molecule has 8 heteroatoms. The molecule has 2 aromatic heterocycles. The van der Waals surface area contributed by atoms with Gasteiger partial charge in [-0.2, -0.15) is 0 Å². The summed E-state index contributed by atoms with van der Waals surface area (Å²) >= 11 is 13.5. The molecule has 0 radical (unpaired) electrons. The number of thioether (sulfide) groups is 1. The van der Waals surface area contributed by atoms with E-state index in [0.717, 1.165) is 25.9 Å². The minimum atomic E-state index is -0.215. The third-order valence-corrected chi connectivity index (χ3v) is 4.97. The highest BCUT2D eigenvalue weighted by Crippen LogP contribution is 2.28. The van der Waals surface area contributed by atoms with Gasteiger partial charge in [-0.25, -0.2) is 0 Å². The minimum Gasteiger partial charge on any atom is -0.342 e. The number of hydrogen-bond acceptors (Lipinski definition) is 4. The largest absolute Gasteiger partial charge is 0.342 e. The van der Waals surface area contributed by atoms with Crippen molar-refractivity contribution in [3.8, 4) is 0 Å². The third-order valence-electron chi connectivity index (χ3n) is 3.44. The molecule has 0 N–H and O–H groups in total. The van der Waals surface area contributed by atoms with Crippen LogP contribution < -0.4 is 0 Å². The van der Waals surface area contributed by atoms with E-state index in [-0.39, 0.29) is 11.2 Å². The molecule has 0 bridgehead atoms. The number of aromatic nitrogens is 3. The van der Waals surface area contributed by atoms with E-state index < -0.39 is 0 Å². The van der Waals surface area contributed by atoms with Crippen LogP contribution in [0.1, 0.15) is 19.8 Å². The van der Waals surface area contributed by atoms with Crippen molar-refractivity contribution in [2.75, 3.05) is 13.1 Å². The lowest BCUT2D eigenvalue weighted by atomic mass is 10.4. The molecule has 112 valence electrons. The number of pyridine rings is 1. The summed E-state index contributed by atoms with van der Waals surface area (Å²) in [6, 6.07) is 1.63. The first-order valence-corrected chi connectivity index (χ1v) is 8.35. The molecule has 3 rings (SSSR count). The Kier molecular flexibility index (Phi) is 4.28. The molecule has 0 aromatic carbocycles. The van der Waals surface area contributed by atoms with Crippen LogP contribution in [0.15, 0.2) is 17.4 Å². The summed E-state index contributed by atoms with van der Waals surface area (Å²) in [6.07, 6.45) is 3.88. The molecule has 2 aromatic rings. The van der Waals surface area contributed by atoms with Crippen molar-refractivity contribution in [2.45, 2.75) is 30.2 Å². The number of nitrogens with zero attached hydrogens (tertiary/aromatic N) is 4. The number of hydrogen-bond donors (Lipinski definition) is 0. The maximum absolute atomic E-state index is 12.3. The van der Waals surface area contributed by atoms with Gasteiger partial charge in [-0.3, -0.25) is 9.20 Å². The van der Waals surface area contributed by atoms with Gasteiger partial charge in [-0.15, -0.1) is 10.2 Å². The fourth-order valence-electron chi connectivity index (χ4n) is 2.39. The zero-order valence-corrected chi connectivity index (χ0v) is 13.8. The van der Waals surface area contributed by atoms with Crippen LogP contribution in [0.3, 0.4) is 0 Å². The number of rotatable bonds is 3. The van der Waals surface area contributed by atoms with Gasteiger partial charge in [0.15, 0.2) is 10.8 Å². The Morgan fingerprint density at radius 1 is 1.33 bits per heavy atom. The monoisotopic (exact) mass is 344 g/mol. The van der Waals surface area contributed by atoms with Crippen LogP contribution in [0.2, 0.25) is 10.0 Å². The number of likely N-dealkylation sites (tertiary alicyclic amines) is 1. The normalized spacial score (nSPS) is 16.6. The Bertz CT molecular complexity index is 684. The first kappa shape index (κ1) is 14.9. The van der Waals surface area contributed by atoms with Gasteiger partial charge in [0.25, 0.3) is 0 Å². The summed E-state index contributed by atoms with van der Waals surface area (Å²) in [5, 5.41) is 9.51. The molecule has 0 unspecified atom stereocenters. The molecule has 5 nitrogen and oxygen atoms in total. The maximum Gasteiger partial charge on any atom is 0.235 e. The fraction of sp³-hybridized carbons (Fsp3) is 0.462. The Labute approximate surface area is 136 Å². The van der Waals surface area contributed by atoms with E-state index in [0.29, 0.717) is 20.8 Å². The number of carbonyl (C=O) groups is 1. The lowest BCUT2D eigenvalue weighted by Crippen LogP contribution is -2.34. The van der Waals surface area contributed by atoms with Crippen LogP contribution in [0.4, 0.5) is 0 Å². The molecule has 1 saturated heterocycles. The molecular formula is C13H14Cl2N4OS. The van der Waals surface area contributed by atoms with Crippen LogP contribution in [0.25, 0.3) is 5.65 Å². The summed E-state index contributed by atoms with van der Waals surface area (Å²) in [6.45, 7) is 3.59. The van der Waals surface area contributed by atoms with Crippen LogP contribution in [-0.2, 0) is 4.79 Å². The summed E-state index contributed by atoms with van der Waals surface area (Å²) < 4.78 is 1.73. The van der Waals surface area contributed by atoms with Gasteiger partial charge in [-0.1, -0.05) is 35.0 Å². The van der Waals surface area contributed by atoms with Crippen molar-refractivity contribution in [1.29, 1.82) is 0 Å². The molecular weight excluding hydrogens is 331 g/mol. The van der Waals surface area contributed by atoms with Gasteiger partial charge >= 0.3 is 0 Å². The smallest absolute Gasteiger partial charge is 0.235 e. The number of fused-ring (bicyclic) bond motifs is 1. The number of halogens is 2. The predicted octanol–water partition coefficient (Wildman–Crippen LogP) is 3.14. The standard InChI is InChI=1S/C13H14Cl2N4OS/c1-8(12(20)18-4-2-3-5-18)21-13-17-16-11-10(15)6-9(14)7-19(11)13/h6-8H,2-5H2,1H3/t8-/m0/s1. The van der Waals surface area contributed by atoms with Gasteiger partial charge in [0, 0.05) is 19.3 Å². The van der Waals surface area contributed by atoms with Gasteiger partial charge in [0.1, 0.15) is 0 Å². The van der Waals surface area contributed by atoms with E-state index in [1.807, 2.05) is 11.8 Å². The molecule has 1 aliphatic heterocycles. The van der Waals surface area contributed by atoms with E-state index in [9.17, 15) is 4.79 Å². The molecule has 0 aliphatic carbocycles. The highest BCUT2D eigenvalue weighted by Gasteiger charge is 2.25. The van der Waals surface area contributed by atoms with Crippen molar-refractivity contribution in [3.05, 3.63) is 22.3 Å². The van der Waals surface area contributed by atoms with Crippen molar-refractivity contribution >= 4 is 46.5 Å². The predicted molar refractivity (Wildman–Crippen MR) is 84.1 cm³/mol. The first-order chi connectivity index (χ1) is 10.1. The molecule has 1 aliphatic rings. The summed E-state index contributed by atoms with van der Waals surface area (Å²) in [7, 11) is 0. The topological polar surface area (TPSA) is 50.5 Å². The molecule has 1 fully saturated rings. The third kappa shape index (κ3) is 2.98. The SMILES string of the molecule is C[C@H](Sc1nnc2c(Cl)cc(Cl)cn12)C(=O)N1CCCC1. The maximum atomic E-state index is 12.3. The zero-order chi connectivity index (χ0) is 15.0. The number of carbonyl (C=O) groups excluding carboxylic acids is 1. The second kappa shape index (κ2) is 6.02. The highest BCUT2D eigenvalue weighted by atomic mass is 35.5. The fourth-order valence-corrected chi connectivity index (χ4v) is 3.80. The Morgan fingerprint density at radius 3 is 2.76 bits per heavy atom. The van der Waals surface area contributed by atoms with Crippen molar-refractivity contribution in [2.24, 2.45) is 0 Å². The first-order valence-electron chi connectivity index (χ1n) is 6.71. The van der Waals surface area contributed by atoms with Gasteiger partial charge < -0.3 is 4.90 Å². The molecule has 0 spiro atoms. The van der Waals surface area contributed by atoms with Crippen LogP contribution in [0.5, 0.6) is 0 Å². The lowest BCUT2D eigenvalue weighted by Gasteiger charge is -2.19. The van der Waals surface area contributed by atoms with Gasteiger partial charge in [0.2, 0.25) is 5.91 Å². The zero-order valence-electron chi connectivity index (χ0n) is 11.4.